The Morgan fingerprint density at radius 1 is 0.938 bits per heavy atom. The van der Waals surface area contributed by atoms with Crippen LogP contribution in [-0.2, 0) is 12.0 Å². The Hall–Kier alpha value is -3.31. The van der Waals surface area contributed by atoms with E-state index >= 15 is 0 Å². The number of hydrazone groups is 1. The number of amides is 1. The molecule has 0 atom stereocenters. The van der Waals surface area contributed by atoms with Crippen LogP contribution in [0, 0.1) is 0 Å². The number of rotatable bonds is 6. The molecule has 5 nitrogen and oxygen atoms in total. The van der Waals surface area contributed by atoms with Crippen molar-refractivity contribution in [1.82, 2.24) is 10.3 Å². The van der Waals surface area contributed by atoms with Crippen LogP contribution in [0.3, 0.4) is 0 Å². The highest BCUT2D eigenvalue weighted by molar-refractivity contribution is 6.30. The van der Waals surface area contributed by atoms with Gasteiger partial charge in [0.05, 0.1) is 12.0 Å². The van der Waals surface area contributed by atoms with E-state index in [4.69, 9.17) is 17.3 Å². The van der Waals surface area contributed by atoms with Gasteiger partial charge in [-0.1, -0.05) is 72.3 Å². The zero-order valence-corrected chi connectivity index (χ0v) is 18.6. The van der Waals surface area contributed by atoms with E-state index in [9.17, 15) is 4.79 Å². The lowest BCUT2D eigenvalue weighted by Gasteiger charge is -2.41. The van der Waals surface area contributed by atoms with E-state index in [1.54, 1.807) is 0 Å². The van der Waals surface area contributed by atoms with Crippen LogP contribution in [0.1, 0.15) is 34.3 Å². The molecular formula is C26H27ClN4O. The molecule has 0 aromatic heterocycles. The molecule has 0 saturated carbocycles. The molecule has 3 aromatic rings. The third-order valence-electron chi connectivity index (χ3n) is 6.14. The molecule has 1 amide bonds. The lowest BCUT2D eigenvalue weighted by molar-refractivity contribution is 0.0695. The quantitative estimate of drug-likeness (QED) is 0.331. The number of hydrogen-bond donors (Lipinski definition) is 2. The summed E-state index contributed by atoms with van der Waals surface area (Å²) in [5, 5.41) is 5.26. The molecular weight excluding hydrogens is 420 g/mol. The number of carbonyl (C=O) groups is 1. The highest BCUT2D eigenvalue weighted by atomic mass is 35.5. The van der Waals surface area contributed by atoms with Crippen LogP contribution in [0.2, 0.25) is 5.02 Å². The van der Waals surface area contributed by atoms with Crippen molar-refractivity contribution >= 4 is 23.3 Å². The smallest absolute Gasteiger partial charge is 0.253 e. The van der Waals surface area contributed by atoms with Crippen LogP contribution in [-0.4, -0.2) is 29.7 Å². The summed E-state index contributed by atoms with van der Waals surface area (Å²) in [4.78, 5) is 14.8. The molecule has 3 N–H and O–H groups in total. The van der Waals surface area contributed by atoms with Gasteiger partial charge in [0.1, 0.15) is 5.84 Å². The lowest BCUT2D eigenvalue weighted by Crippen LogP contribution is -2.52. The normalized spacial score (nSPS) is 15.9. The molecule has 6 heteroatoms. The summed E-state index contributed by atoms with van der Waals surface area (Å²) < 4.78 is 0. The van der Waals surface area contributed by atoms with Crippen molar-refractivity contribution in [3.05, 3.63) is 107 Å². The van der Waals surface area contributed by atoms with Crippen molar-refractivity contribution in [3.8, 4) is 0 Å². The van der Waals surface area contributed by atoms with Crippen LogP contribution in [0.4, 0.5) is 0 Å². The van der Waals surface area contributed by atoms with E-state index in [-0.39, 0.29) is 5.91 Å². The van der Waals surface area contributed by atoms with Gasteiger partial charge in [0.2, 0.25) is 0 Å². The molecule has 3 aromatic carbocycles. The molecule has 1 saturated heterocycles. The van der Waals surface area contributed by atoms with E-state index in [2.05, 4.69) is 22.7 Å². The minimum absolute atomic E-state index is 0.0589. The summed E-state index contributed by atoms with van der Waals surface area (Å²) in [7, 11) is 0. The molecule has 0 radical (unpaired) electrons. The van der Waals surface area contributed by atoms with Crippen molar-refractivity contribution in [1.29, 1.82) is 0 Å². The molecule has 0 bridgehead atoms. The van der Waals surface area contributed by atoms with Gasteiger partial charge in [0.25, 0.3) is 5.91 Å². The van der Waals surface area contributed by atoms with Crippen LogP contribution >= 0.6 is 11.6 Å². The number of likely N-dealkylation sites (tertiary alicyclic amines) is 1. The van der Waals surface area contributed by atoms with Crippen molar-refractivity contribution in [2.45, 2.75) is 24.8 Å². The molecule has 32 heavy (non-hydrogen) atoms. The molecule has 1 heterocycles. The maximum atomic E-state index is 12.9. The zero-order valence-electron chi connectivity index (χ0n) is 17.9. The second-order valence-electron chi connectivity index (χ2n) is 8.06. The fourth-order valence-corrected chi connectivity index (χ4v) is 4.36. The predicted octanol–water partition coefficient (Wildman–Crippen LogP) is 4.58. The van der Waals surface area contributed by atoms with E-state index in [1.807, 2.05) is 77.7 Å². The van der Waals surface area contributed by atoms with E-state index in [1.165, 1.54) is 0 Å². The highest BCUT2D eigenvalue weighted by Gasteiger charge is 2.41. The molecule has 1 fully saturated rings. The monoisotopic (exact) mass is 446 g/mol. The second kappa shape index (κ2) is 9.88. The van der Waals surface area contributed by atoms with Crippen molar-refractivity contribution in [3.63, 3.8) is 0 Å². The van der Waals surface area contributed by atoms with Gasteiger partial charge in [0.15, 0.2) is 0 Å². The van der Waals surface area contributed by atoms with Crippen molar-refractivity contribution < 1.29 is 4.79 Å². The maximum absolute atomic E-state index is 12.9. The van der Waals surface area contributed by atoms with Gasteiger partial charge in [-0.05, 0) is 48.2 Å². The number of halogens is 1. The first-order valence-electron chi connectivity index (χ1n) is 10.8. The Morgan fingerprint density at radius 2 is 1.53 bits per heavy atom. The standard InChI is InChI=1S/C26H27ClN4O/c27-23-13-11-20(12-14-23)19-29-30-25(28)26(22-9-5-2-6-10-22)15-17-31(18-16-26)24(32)21-7-3-1-4-8-21/h1-14,29H,15-19H2,(H2,28,30). The van der Waals surface area contributed by atoms with Crippen LogP contribution in [0.15, 0.2) is 90.0 Å². The first-order valence-corrected chi connectivity index (χ1v) is 11.2. The van der Waals surface area contributed by atoms with Crippen LogP contribution < -0.4 is 11.2 Å². The van der Waals surface area contributed by atoms with Gasteiger partial charge in [-0.15, -0.1) is 0 Å². The third kappa shape index (κ3) is 4.78. The second-order valence-corrected chi connectivity index (χ2v) is 8.50. The molecule has 0 aliphatic carbocycles. The average molecular weight is 447 g/mol. The summed E-state index contributed by atoms with van der Waals surface area (Å²) >= 11 is 5.96. The number of nitrogens with two attached hydrogens (primary N) is 1. The largest absolute Gasteiger partial charge is 0.385 e. The lowest BCUT2D eigenvalue weighted by atomic mass is 9.71. The summed E-state index contributed by atoms with van der Waals surface area (Å²) in [6.45, 7) is 1.80. The molecule has 1 aliphatic heterocycles. The van der Waals surface area contributed by atoms with E-state index in [0.29, 0.717) is 48.9 Å². The summed E-state index contributed by atoms with van der Waals surface area (Å²) in [5.41, 5.74) is 12.2. The number of hydrogen-bond acceptors (Lipinski definition) is 3. The Morgan fingerprint density at radius 3 is 2.16 bits per heavy atom. The number of carbonyl (C=O) groups excluding carboxylic acids is 1. The fraction of sp³-hybridized carbons (Fsp3) is 0.231. The summed E-state index contributed by atoms with van der Waals surface area (Å²) in [6, 6.07) is 27.3. The molecule has 0 unspecified atom stereocenters. The maximum Gasteiger partial charge on any atom is 0.253 e. The Labute approximate surface area is 193 Å². The topological polar surface area (TPSA) is 70.7 Å². The highest BCUT2D eigenvalue weighted by Crippen LogP contribution is 2.36. The molecule has 1 aliphatic rings. The van der Waals surface area contributed by atoms with Gasteiger partial charge < -0.3 is 16.1 Å². The number of nitrogens with one attached hydrogen (secondary N) is 1. The molecule has 0 spiro atoms. The molecule has 164 valence electrons. The van der Waals surface area contributed by atoms with Crippen molar-refractivity contribution in [2.24, 2.45) is 10.8 Å². The minimum Gasteiger partial charge on any atom is -0.385 e. The number of nitrogens with zero attached hydrogens (tertiary/aromatic N) is 2. The summed E-state index contributed by atoms with van der Waals surface area (Å²) in [5.74, 6) is 0.605. The fourth-order valence-electron chi connectivity index (χ4n) is 4.23. The SMILES string of the molecule is N/C(=N\NCc1ccc(Cl)cc1)C1(c2ccccc2)CCN(C(=O)c2ccccc2)CC1. The Bertz CT molecular complexity index is 1060. The van der Waals surface area contributed by atoms with Crippen LogP contribution in [0.25, 0.3) is 0 Å². The zero-order chi connectivity index (χ0) is 22.4. The summed E-state index contributed by atoms with van der Waals surface area (Å²) in [6.07, 6.45) is 1.43. The van der Waals surface area contributed by atoms with E-state index in [0.717, 1.165) is 11.1 Å². The number of amidine groups is 1. The Kier molecular flexibility index (Phi) is 6.76. The van der Waals surface area contributed by atoms with Gasteiger partial charge in [-0.3, -0.25) is 4.79 Å². The van der Waals surface area contributed by atoms with E-state index < -0.39 is 5.41 Å². The Balaban J connectivity index is 1.51. The third-order valence-corrected chi connectivity index (χ3v) is 6.39. The van der Waals surface area contributed by atoms with Gasteiger partial charge in [-0.25, -0.2) is 0 Å². The predicted molar refractivity (Wildman–Crippen MR) is 130 cm³/mol. The van der Waals surface area contributed by atoms with Gasteiger partial charge in [0, 0.05) is 23.7 Å². The number of benzene rings is 3. The van der Waals surface area contributed by atoms with Gasteiger partial charge >= 0.3 is 0 Å². The minimum atomic E-state index is -0.415. The first kappa shape index (κ1) is 21.9. The van der Waals surface area contributed by atoms with Gasteiger partial charge in [-0.2, -0.15) is 5.10 Å². The molecule has 4 rings (SSSR count). The van der Waals surface area contributed by atoms with Crippen LogP contribution in [0.5, 0.6) is 0 Å². The van der Waals surface area contributed by atoms with Crippen molar-refractivity contribution in [2.75, 3.05) is 13.1 Å². The average Bonchev–Trinajstić information content (AvgIpc) is 2.86. The first-order chi connectivity index (χ1) is 15.6. The number of piperidine rings is 1.